The predicted molar refractivity (Wildman–Crippen MR) is 135 cm³/mol. The predicted octanol–water partition coefficient (Wildman–Crippen LogP) is 3.77. The number of nitrogens with one attached hydrogen (secondary N) is 1. The molecule has 1 saturated heterocycles. The number of para-hydroxylation sites is 1. The second-order valence-electron chi connectivity index (χ2n) is 9.55. The molecule has 0 spiro atoms. The Hall–Kier alpha value is -3.52. The molecule has 8 nitrogen and oxygen atoms in total. The third-order valence-electron chi connectivity index (χ3n) is 7.20. The number of carbonyl (C=O) groups is 2. The van der Waals surface area contributed by atoms with Crippen LogP contribution in [0.15, 0.2) is 45.9 Å². The van der Waals surface area contributed by atoms with Crippen molar-refractivity contribution in [1.29, 1.82) is 0 Å². The summed E-state index contributed by atoms with van der Waals surface area (Å²) in [5, 5.41) is 5.42. The monoisotopic (exact) mass is 473 g/mol. The number of fused-ring (bicyclic) bond motifs is 2. The molecular weight excluding hydrogens is 442 g/mol. The molecule has 1 aliphatic heterocycles. The summed E-state index contributed by atoms with van der Waals surface area (Å²) >= 11 is 0. The summed E-state index contributed by atoms with van der Waals surface area (Å²) in [4.78, 5) is 34.6. The van der Waals surface area contributed by atoms with Crippen LogP contribution >= 0.6 is 0 Å². The Labute approximate surface area is 205 Å². The number of aryl methyl sites for hydroxylation is 1. The average Bonchev–Trinajstić information content (AvgIpc) is 3.23. The van der Waals surface area contributed by atoms with E-state index in [0.717, 1.165) is 72.3 Å². The molecule has 2 aromatic heterocycles. The van der Waals surface area contributed by atoms with Crippen molar-refractivity contribution in [1.82, 2.24) is 20.2 Å². The van der Waals surface area contributed by atoms with Crippen molar-refractivity contribution in [2.75, 3.05) is 27.2 Å². The summed E-state index contributed by atoms with van der Waals surface area (Å²) in [6.45, 7) is 3.88. The van der Waals surface area contributed by atoms with Crippen LogP contribution in [0.5, 0.6) is 0 Å². The minimum Gasteiger partial charge on any atom is -0.455 e. The maximum Gasteiger partial charge on any atom is 0.289 e. The number of hydrogen-bond donors (Lipinski definition) is 1. The molecule has 0 atom stereocenters. The van der Waals surface area contributed by atoms with Gasteiger partial charge in [0.2, 0.25) is 0 Å². The highest BCUT2D eigenvalue weighted by molar-refractivity contribution is 6.07. The second-order valence-corrected chi connectivity index (χ2v) is 9.55. The van der Waals surface area contributed by atoms with E-state index in [1.807, 2.05) is 49.2 Å². The van der Waals surface area contributed by atoms with Gasteiger partial charge in [-0.05, 0) is 64.9 Å². The first-order valence-electron chi connectivity index (χ1n) is 12.2. The molecule has 1 aromatic carbocycles. The molecule has 0 bridgehead atoms. The van der Waals surface area contributed by atoms with Crippen molar-refractivity contribution in [2.45, 2.75) is 45.1 Å². The normalized spacial score (nSPS) is 18.0. The molecule has 0 unspecified atom stereocenters. The lowest BCUT2D eigenvalue weighted by molar-refractivity contribution is 0.0625. The van der Waals surface area contributed by atoms with Gasteiger partial charge in [-0.1, -0.05) is 24.3 Å². The van der Waals surface area contributed by atoms with Crippen molar-refractivity contribution in [2.24, 2.45) is 5.10 Å². The highest BCUT2D eigenvalue weighted by Crippen LogP contribution is 2.31. The van der Waals surface area contributed by atoms with Gasteiger partial charge < -0.3 is 14.2 Å². The number of amides is 2. The smallest absolute Gasteiger partial charge is 0.289 e. The van der Waals surface area contributed by atoms with Gasteiger partial charge in [-0.3, -0.25) is 9.59 Å². The van der Waals surface area contributed by atoms with Gasteiger partial charge in [0.15, 0.2) is 5.76 Å². The van der Waals surface area contributed by atoms with Gasteiger partial charge in [0.1, 0.15) is 11.5 Å². The van der Waals surface area contributed by atoms with Crippen LogP contribution in [0, 0.1) is 6.92 Å². The quantitative estimate of drug-likeness (QED) is 0.583. The number of nitrogens with zero attached hydrogens (tertiary/aromatic N) is 4. The van der Waals surface area contributed by atoms with E-state index in [-0.39, 0.29) is 17.9 Å². The summed E-state index contributed by atoms with van der Waals surface area (Å²) in [6.07, 6.45) is 4.22. The Bertz CT molecular complexity index is 1300. The van der Waals surface area contributed by atoms with E-state index in [9.17, 15) is 9.59 Å². The second kappa shape index (κ2) is 9.62. The number of furan rings is 1. The van der Waals surface area contributed by atoms with Crippen LogP contribution < -0.4 is 5.43 Å². The van der Waals surface area contributed by atoms with E-state index >= 15 is 0 Å². The molecule has 1 aliphatic carbocycles. The van der Waals surface area contributed by atoms with Gasteiger partial charge in [0.25, 0.3) is 11.8 Å². The number of benzene rings is 1. The Morgan fingerprint density at radius 2 is 1.91 bits per heavy atom. The van der Waals surface area contributed by atoms with E-state index < -0.39 is 0 Å². The molecule has 0 saturated carbocycles. The standard InChI is InChI=1S/C27H31N5O3/c1-17-24-21(29-30-26(33)22-12-11-18-7-4-5-8-20(18)28-22)9-6-10-23(24)35-25(17)27(34)32(3)19-13-15-31(2)16-14-19/h4-5,7-8,11-12,19H,6,9-10,13-16H2,1-3H3,(H,30,33)/b29-21+. The molecule has 3 aromatic rings. The van der Waals surface area contributed by atoms with Crippen molar-refractivity contribution < 1.29 is 14.0 Å². The number of rotatable bonds is 4. The van der Waals surface area contributed by atoms with Gasteiger partial charge in [0.05, 0.1) is 11.2 Å². The van der Waals surface area contributed by atoms with Gasteiger partial charge in [-0.2, -0.15) is 5.10 Å². The van der Waals surface area contributed by atoms with Gasteiger partial charge >= 0.3 is 0 Å². The summed E-state index contributed by atoms with van der Waals surface area (Å²) in [6, 6.07) is 11.5. The average molecular weight is 474 g/mol. The highest BCUT2D eigenvalue weighted by Gasteiger charge is 2.32. The van der Waals surface area contributed by atoms with Crippen LogP contribution in [0.25, 0.3) is 10.9 Å². The lowest BCUT2D eigenvalue weighted by Gasteiger charge is -2.34. The van der Waals surface area contributed by atoms with Crippen LogP contribution in [0.1, 0.15) is 63.6 Å². The summed E-state index contributed by atoms with van der Waals surface area (Å²) in [5.74, 6) is 0.698. The van der Waals surface area contributed by atoms with Crippen molar-refractivity contribution >= 4 is 28.4 Å². The number of hydrazone groups is 1. The van der Waals surface area contributed by atoms with E-state index in [0.29, 0.717) is 17.9 Å². The molecular formula is C27H31N5O3. The summed E-state index contributed by atoms with van der Waals surface area (Å²) in [5.41, 5.74) is 6.11. The van der Waals surface area contributed by atoms with Crippen LogP contribution in [0.4, 0.5) is 0 Å². The Balaban J connectivity index is 1.35. The Kier molecular flexibility index (Phi) is 6.38. The number of pyridine rings is 1. The topological polar surface area (TPSA) is 91.0 Å². The zero-order valence-electron chi connectivity index (χ0n) is 20.5. The van der Waals surface area contributed by atoms with Gasteiger partial charge in [-0.15, -0.1) is 0 Å². The van der Waals surface area contributed by atoms with Gasteiger partial charge in [-0.25, -0.2) is 10.4 Å². The SMILES string of the molecule is Cc1c(C(=O)N(C)C2CCN(C)CC2)oc2c1/C(=N/NC(=O)c1ccc3ccccc3n1)CCC2. The molecule has 8 heteroatoms. The van der Waals surface area contributed by atoms with Crippen LogP contribution in [-0.2, 0) is 6.42 Å². The first kappa shape index (κ1) is 23.2. The highest BCUT2D eigenvalue weighted by atomic mass is 16.4. The lowest BCUT2D eigenvalue weighted by Crippen LogP contribution is -2.44. The van der Waals surface area contributed by atoms with Crippen molar-refractivity contribution in [3.8, 4) is 0 Å². The Morgan fingerprint density at radius 3 is 2.71 bits per heavy atom. The largest absolute Gasteiger partial charge is 0.455 e. The van der Waals surface area contributed by atoms with Crippen LogP contribution in [-0.4, -0.2) is 65.5 Å². The summed E-state index contributed by atoms with van der Waals surface area (Å²) in [7, 11) is 3.98. The van der Waals surface area contributed by atoms with Crippen molar-refractivity contribution in [3.63, 3.8) is 0 Å². The minimum atomic E-state index is -0.366. The minimum absolute atomic E-state index is 0.0878. The van der Waals surface area contributed by atoms with Gasteiger partial charge in [0, 0.05) is 36.0 Å². The zero-order chi connectivity index (χ0) is 24.5. The molecule has 2 aliphatic rings. The first-order valence-corrected chi connectivity index (χ1v) is 12.2. The van der Waals surface area contributed by atoms with E-state index in [2.05, 4.69) is 27.5 Å². The number of hydrogen-bond acceptors (Lipinski definition) is 6. The maximum absolute atomic E-state index is 13.3. The molecule has 3 heterocycles. The molecule has 2 amide bonds. The maximum atomic E-state index is 13.3. The fourth-order valence-electron chi connectivity index (χ4n) is 5.06. The van der Waals surface area contributed by atoms with Crippen LogP contribution in [0.3, 0.4) is 0 Å². The molecule has 1 fully saturated rings. The van der Waals surface area contributed by atoms with Crippen molar-refractivity contribution in [3.05, 3.63) is 64.7 Å². The van der Waals surface area contributed by atoms with Crippen LogP contribution in [0.2, 0.25) is 0 Å². The molecule has 0 radical (unpaired) electrons. The van der Waals surface area contributed by atoms with E-state index in [1.165, 1.54) is 0 Å². The number of likely N-dealkylation sites (tertiary alicyclic amines) is 1. The fourth-order valence-corrected chi connectivity index (χ4v) is 5.06. The third kappa shape index (κ3) is 4.58. The molecule has 35 heavy (non-hydrogen) atoms. The summed E-state index contributed by atoms with van der Waals surface area (Å²) < 4.78 is 6.09. The molecule has 1 N–H and O–H groups in total. The lowest BCUT2D eigenvalue weighted by atomic mass is 9.93. The number of piperidine rings is 1. The molecule has 5 rings (SSSR count). The number of aromatic nitrogens is 1. The first-order chi connectivity index (χ1) is 16.9. The molecule has 182 valence electrons. The third-order valence-corrected chi connectivity index (χ3v) is 7.20. The van der Waals surface area contributed by atoms with E-state index in [4.69, 9.17) is 4.42 Å². The zero-order valence-corrected chi connectivity index (χ0v) is 20.5. The fraction of sp³-hybridized carbons (Fsp3) is 0.407. The number of carbonyl (C=O) groups excluding carboxylic acids is 2. The van der Waals surface area contributed by atoms with E-state index in [1.54, 1.807) is 6.07 Å². The Morgan fingerprint density at radius 1 is 1.14 bits per heavy atom.